The number of benzene rings is 3. The van der Waals surface area contributed by atoms with Crippen LogP contribution in [0.2, 0.25) is 0 Å². The highest BCUT2D eigenvalue weighted by atomic mass is 32.2. The average molecular weight is 471 g/mol. The number of para-hydroxylation sites is 1. The van der Waals surface area contributed by atoms with Crippen molar-refractivity contribution in [1.29, 1.82) is 0 Å². The molecule has 3 aromatic carbocycles. The number of methoxy groups -OCH3 is 1. The first-order chi connectivity index (χ1) is 15.9. The van der Waals surface area contributed by atoms with Gasteiger partial charge in [-0.1, -0.05) is 24.3 Å². The van der Waals surface area contributed by atoms with E-state index in [-0.39, 0.29) is 5.56 Å². The van der Waals surface area contributed by atoms with Crippen LogP contribution in [0.15, 0.2) is 77.7 Å². The largest absolute Gasteiger partial charge is 0.497 e. The number of amides is 1. The molecule has 0 atom stereocenters. The highest BCUT2D eigenvalue weighted by molar-refractivity contribution is 7.99. The first-order valence-electron chi connectivity index (χ1n) is 10.2. The number of rotatable bonds is 7. The molecule has 0 radical (unpaired) electrons. The van der Waals surface area contributed by atoms with Crippen LogP contribution in [0, 0.1) is 0 Å². The van der Waals surface area contributed by atoms with Gasteiger partial charge in [-0.15, -0.1) is 11.8 Å². The van der Waals surface area contributed by atoms with Crippen molar-refractivity contribution in [2.45, 2.75) is 11.1 Å². The third-order valence-corrected chi connectivity index (χ3v) is 6.24. The quantitative estimate of drug-likeness (QED) is 0.243. The van der Waals surface area contributed by atoms with E-state index in [1.54, 1.807) is 18.9 Å². The minimum absolute atomic E-state index is 0.0131. The van der Waals surface area contributed by atoms with Crippen molar-refractivity contribution >= 4 is 28.6 Å². The summed E-state index contributed by atoms with van der Waals surface area (Å²) in [6.07, 6.45) is -4.49. The van der Waals surface area contributed by atoms with Crippen LogP contribution in [0.5, 0.6) is 5.75 Å². The molecule has 0 aliphatic rings. The predicted octanol–water partition coefficient (Wildman–Crippen LogP) is 6.38. The zero-order valence-corrected chi connectivity index (χ0v) is 18.5. The fourth-order valence-electron chi connectivity index (χ4n) is 3.48. The molecule has 1 heterocycles. The maximum Gasteiger partial charge on any atom is 0.416 e. The molecule has 4 nitrogen and oxygen atoms in total. The Morgan fingerprint density at radius 1 is 1.03 bits per heavy atom. The summed E-state index contributed by atoms with van der Waals surface area (Å²) in [6, 6.07) is 20.1. The van der Waals surface area contributed by atoms with Crippen molar-refractivity contribution in [2.24, 2.45) is 0 Å². The number of fused-ring (bicyclic) bond motifs is 1. The summed E-state index contributed by atoms with van der Waals surface area (Å²) < 4.78 is 43.9. The van der Waals surface area contributed by atoms with Gasteiger partial charge in [-0.2, -0.15) is 13.2 Å². The normalized spacial score (nSPS) is 11.5. The van der Waals surface area contributed by atoms with Crippen molar-refractivity contribution in [3.05, 3.63) is 83.9 Å². The van der Waals surface area contributed by atoms with Crippen molar-refractivity contribution in [1.82, 2.24) is 10.3 Å². The standard InChI is InChI=1S/C25H21F3N2O2S/c1-32-19-11-9-16(10-12-19)22-23(20-7-2-3-8-21(20)30-22)33-14-13-29-24(31)17-5-4-6-18(15-17)25(26,27)28/h2-12,15,30H,13-14H2,1H3,(H,29,31). The van der Waals surface area contributed by atoms with Crippen LogP contribution in [-0.4, -0.2) is 30.3 Å². The van der Waals surface area contributed by atoms with Crippen molar-refractivity contribution in [3.63, 3.8) is 0 Å². The lowest BCUT2D eigenvalue weighted by Crippen LogP contribution is -2.26. The fraction of sp³-hybridized carbons (Fsp3) is 0.160. The summed E-state index contributed by atoms with van der Waals surface area (Å²) >= 11 is 1.58. The molecular weight excluding hydrogens is 449 g/mol. The maximum absolute atomic E-state index is 12.9. The number of H-pyrrole nitrogens is 1. The highest BCUT2D eigenvalue weighted by Gasteiger charge is 2.30. The van der Waals surface area contributed by atoms with Gasteiger partial charge in [-0.25, -0.2) is 0 Å². The number of nitrogens with one attached hydrogen (secondary N) is 2. The number of aromatic nitrogens is 1. The zero-order chi connectivity index (χ0) is 23.4. The van der Waals surface area contributed by atoms with Crippen molar-refractivity contribution in [2.75, 3.05) is 19.4 Å². The number of halogens is 3. The molecule has 0 aliphatic carbocycles. The number of hydrogen-bond donors (Lipinski definition) is 2. The summed E-state index contributed by atoms with van der Waals surface area (Å²) in [6.45, 7) is 0.307. The Kier molecular flexibility index (Phi) is 6.65. The van der Waals surface area contributed by atoms with E-state index < -0.39 is 17.6 Å². The Balaban J connectivity index is 1.47. The lowest BCUT2D eigenvalue weighted by atomic mass is 10.1. The van der Waals surface area contributed by atoms with Crippen molar-refractivity contribution < 1.29 is 22.7 Å². The number of carbonyl (C=O) groups is 1. The Labute approximate surface area is 193 Å². The van der Waals surface area contributed by atoms with Crippen LogP contribution in [-0.2, 0) is 6.18 Å². The second-order valence-electron chi connectivity index (χ2n) is 7.29. The van der Waals surface area contributed by atoms with E-state index in [2.05, 4.69) is 10.3 Å². The summed E-state index contributed by atoms with van der Waals surface area (Å²) in [4.78, 5) is 16.8. The van der Waals surface area contributed by atoms with E-state index in [9.17, 15) is 18.0 Å². The Bertz CT molecular complexity index is 1270. The molecule has 33 heavy (non-hydrogen) atoms. The van der Waals surface area contributed by atoms with Gasteiger partial charge >= 0.3 is 6.18 Å². The van der Waals surface area contributed by atoms with Gasteiger partial charge in [0.2, 0.25) is 0 Å². The van der Waals surface area contributed by atoms with E-state index in [4.69, 9.17) is 4.74 Å². The third kappa shape index (κ3) is 5.17. The SMILES string of the molecule is COc1ccc(-c2[nH]c3ccccc3c2SCCNC(=O)c2cccc(C(F)(F)F)c2)cc1. The molecule has 1 aromatic heterocycles. The first-order valence-corrected chi connectivity index (χ1v) is 11.2. The molecule has 4 rings (SSSR count). The number of hydrogen-bond acceptors (Lipinski definition) is 3. The monoisotopic (exact) mass is 470 g/mol. The van der Waals surface area contributed by atoms with Crippen molar-refractivity contribution in [3.8, 4) is 17.0 Å². The number of ether oxygens (including phenoxy) is 1. The smallest absolute Gasteiger partial charge is 0.416 e. The third-order valence-electron chi connectivity index (χ3n) is 5.12. The van der Waals surface area contributed by atoms with Gasteiger partial charge in [-0.3, -0.25) is 4.79 Å². The van der Waals surface area contributed by atoms with E-state index in [0.29, 0.717) is 12.3 Å². The molecule has 0 saturated heterocycles. The summed E-state index contributed by atoms with van der Waals surface area (Å²) in [5.74, 6) is 0.785. The van der Waals surface area contributed by atoms with Gasteiger partial charge in [0.15, 0.2) is 0 Å². The van der Waals surface area contributed by atoms with E-state index in [0.717, 1.165) is 44.9 Å². The van der Waals surface area contributed by atoms with Crippen LogP contribution >= 0.6 is 11.8 Å². The summed E-state index contributed by atoms with van der Waals surface area (Å²) in [7, 11) is 1.62. The molecule has 8 heteroatoms. The number of alkyl halides is 3. The summed E-state index contributed by atoms with van der Waals surface area (Å²) in [5.41, 5.74) is 2.11. The molecule has 0 fully saturated rings. The summed E-state index contributed by atoms with van der Waals surface area (Å²) in [5, 5.41) is 3.78. The topological polar surface area (TPSA) is 54.1 Å². The molecule has 0 unspecified atom stereocenters. The van der Waals surface area contributed by atoms with Gasteiger partial charge in [0.25, 0.3) is 5.91 Å². The van der Waals surface area contributed by atoms with E-state index in [1.165, 1.54) is 12.1 Å². The zero-order valence-electron chi connectivity index (χ0n) is 17.7. The molecule has 0 spiro atoms. The maximum atomic E-state index is 12.9. The van der Waals surface area contributed by atoms with Gasteiger partial charge in [-0.05, 0) is 54.1 Å². The molecule has 4 aromatic rings. The van der Waals surface area contributed by atoms with Gasteiger partial charge < -0.3 is 15.0 Å². The number of thioether (sulfide) groups is 1. The average Bonchev–Trinajstić information content (AvgIpc) is 3.20. The first kappa shape index (κ1) is 22.8. The van der Waals surface area contributed by atoms with Crippen LogP contribution < -0.4 is 10.1 Å². The van der Waals surface area contributed by atoms with Gasteiger partial charge in [0.1, 0.15) is 5.75 Å². The highest BCUT2D eigenvalue weighted by Crippen LogP contribution is 2.38. The van der Waals surface area contributed by atoms with Gasteiger partial charge in [0, 0.05) is 33.7 Å². The van der Waals surface area contributed by atoms with Crippen LogP contribution in [0.3, 0.4) is 0 Å². The minimum Gasteiger partial charge on any atom is -0.497 e. The molecule has 2 N–H and O–H groups in total. The molecule has 0 aliphatic heterocycles. The minimum atomic E-state index is -4.49. The number of aromatic amines is 1. The molecule has 170 valence electrons. The lowest BCUT2D eigenvalue weighted by Gasteiger charge is -2.10. The number of carbonyl (C=O) groups excluding carboxylic acids is 1. The van der Waals surface area contributed by atoms with Crippen LogP contribution in [0.1, 0.15) is 15.9 Å². The predicted molar refractivity (Wildman–Crippen MR) is 125 cm³/mol. The van der Waals surface area contributed by atoms with Crippen LogP contribution in [0.4, 0.5) is 13.2 Å². The molecule has 0 saturated carbocycles. The van der Waals surface area contributed by atoms with Gasteiger partial charge in [0.05, 0.1) is 18.4 Å². The van der Waals surface area contributed by atoms with E-state index >= 15 is 0 Å². The molecule has 0 bridgehead atoms. The van der Waals surface area contributed by atoms with Crippen LogP contribution in [0.25, 0.3) is 22.2 Å². The second kappa shape index (κ2) is 9.62. The Morgan fingerprint density at radius 3 is 2.52 bits per heavy atom. The second-order valence-corrected chi connectivity index (χ2v) is 8.39. The Hall–Kier alpha value is -3.39. The molecular formula is C25H21F3N2O2S. The fourth-order valence-corrected chi connectivity index (χ4v) is 4.54. The lowest BCUT2D eigenvalue weighted by molar-refractivity contribution is -0.137. The Morgan fingerprint density at radius 2 is 1.79 bits per heavy atom. The molecule has 1 amide bonds. The van der Waals surface area contributed by atoms with E-state index in [1.807, 2.05) is 48.5 Å².